The molecule has 1 aromatic heterocycles. The fourth-order valence-corrected chi connectivity index (χ4v) is 2.74. The van der Waals surface area contributed by atoms with Gasteiger partial charge in [-0.3, -0.25) is 4.79 Å². The summed E-state index contributed by atoms with van der Waals surface area (Å²) in [7, 11) is -2.77. The van der Waals surface area contributed by atoms with Gasteiger partial charge >= 0.3 is 5.97 Å². The number of nitrogens with zero attached hydrogens (tertiary/aromatic N) is 2. The third kappa shape index (κ3) is 3.99. The number of carbonyl (C=O) groups is 1. The Labute approximate surface area is 116 Å². The normalized spacial score (nSPS) is 12.6. The summed E-state index contributed by atoms with van der Waals surface area (Å²) in [6.45, 7) is 0.0810. The van der Waals surface area contributed by atoms with Crippen molar-refractivity contribution in [3.63, 3.8) is 0 Å². The van der Waals surface area contributed by atoms with Crippen LogP contribution in [-0.4, -0.2) is 44.2 Å². The van der Waals surface area contributed by atoms with E-state index in [1.54, 1.807) is 6.07 Å². The van der Waals surface area contributed by atoms with Crippen molar-refractivity contribution in [3.8, 4) is 6.07 Å². The number of carboxylic acid groups (broad SMARTS) is 1. The minimum Gasteiger partial charge on any atom is -0.480 e. The summed E-state index contributed by atoms with van der Waals surface area (Å²) in [6.07, 6.45) is 1.24. The molecule has 0 aromatic carbocycles. The van der Waals surface area contributed by atoms with Crippen LogP contribution >= 0.6 is 0 Å². The van der Waals surface area contributed by atoms with Gasteiger partial charge in [0.2, 0.25) is 10.0 Å². The molecule has 1 atom stereocenters. The molecule has 0 spiro atoms. The molecule has 2 N–H and O–H groups in total. The average Bonchev–Trinajstić information content (AvgIpc) is 2.43. The second kappa shape index (κ2) is 6.95. The molecular weight excluding hydrogens is 286 g/mol. The van der Waals surface area contributed by atoms with E-state index in [9.17, 15) is 13.2 Å². The number of hydrogen-bond acceptors (Lipinski definition) is 6. The van der Waals surface area contributed by atoms with Crippen LogP contribution in [0.2, 0.25) is 0 Å². The average molecular weight is 299 g/mol. The van der Waals surface area contributed by atoms with Crippen LogP contribution in [0.5, 0.6) is 0 Å². The maximum absolute atomic E-state index is 12.1. The molecule has 0 aliphatic carbocycles. The molecule has 1 heterocycles. The van der Waals surface area contributed by atoms with E-state index in [1.807, 2.05) is 4.72 Å². The zero-order valence-electron chi connectivity index (χ0n) is 10.6. The zero-order valence-corrected chi connectivity index (χ0v) is 11.4. The van der Waals surface area contributed by atoms with Gasteiger partial charge in [0.25, 0.3) is 0 Å². The lowest BCUT2D eigenvalue weighted by molar-refractivity contribution is -0.139. The van der Waals surface area contributed by atoms with E-state index in [0.29, 0.717) is 0 Å². The summed E-state index contributed by atoms with van der Waals surface area (Å²) in [4.78, 5) is 14.3. The maximum atomic E-state index is 12.1. The van der Waals surface area contributed by atoms with Gasteiger partial charge in [0.1, 0.15) is 17.0 Å². The van der Waals surface area contributed by atoms with E-state index in [1.165, 1.54) is 25.4 Å². The third-order valence-corrected chi connectivity index (χ3v) is 3.88. The summed E-state index contributed by atoms with van der Waals surface area (Å²) in [5.41, 5.74) is -0.295. The Hall–Kier alpha value is -2.02. The summed E-state index contributed by atoms with van der Waals surface area (Å²) >= 11 is 0. The predicted octanol–water partition coefficient (Wildman–Crippen LogP) is -0.279. The molecule has 1 unspecified atom stereocenters. The second-order valence-corrected chi connectivity index (χ2v) is 5.44. The third-order valence-electron chi connectivity index (χ3n) is 2.37. The summed E-state index contributed by atoms with van der Waals surface area (Å²) in [5, 5.41) is 17.8. The highest BCUT2D eigenvalue weighted by Gasteiger charge is 2.27. The molecule has 0 aliphatic rings. The minimum absolute atomic E-state index is 0.0345. The van der Waals surface area contributed by atoms with Crippen molar-refractivity contribution in [2.45, 2.75) is 17.4 Å². The van der Waals surface area contributed by atoms with E-state index in [2.05, 4.69) is 4.98 Å². The molecule has 0 amide bonds. The number of methoxy groups -OCH3 is 1. The fraction of sp³-hybridized carbons (Fsp3) is 0.364. The number of rotatable bonds is 7. The van der Waals surface area contributed by atoms with Gasteiger partial charge in [-0.05, 0) is 18.6 Å². The Morgan fingerprint density at radius 2 is 2.35 bits per heavy atom. The molecule has 108 valence electrons. The molecule has 1 aromatic rings. The Bertz CT molecular complexity index is 623. The standard InChI is InChI=1S/C11H13N3O5S/c1-19-6-4-8(11(15)16)14-20(17,18)10-3-2-5-13-9(10)7-12/h2-3,5,8,14H,4,6H2,1H3,(H,15,16). The molecule has 8 nitrogen and oxygen atoms in total. The summed E-state index contributed by atoms with van der Waals surface area (Å²) in [6, 6.07) is 2.84. The Morgan fingerprint density at radius 1 is 1.65 bits per heavy atom. The number of nitriles is 1. The molecule has 0 saturated carbocycles. The molecule has 0 fully saturated rings. The molecule has 1 rings (SSSR count). The lowest BCUT2D eigenvalue weighted by Gasteiger charge is -2.14. The number of pyridine rings is 1. The maximum Gasteiger partial charge on any atom is 0.321 e. The summed E-state index contributed by atoms with van der Waals surface area (Å²) < 4.78 is 30.9. The number of sulfonamides is 1. The molecular formula is C11H13N3O5S. The van der Waals surface area contributed by atoms with Crippen molar-refractivity contribution < 1.29 is 23.1 Å². The number of aliphatic carboxylic acids is 1. The topological polar surface area (TPSA) is 129 Å². The van der Waals surface area contributed by atoms with Crippen LogP contribution < -0.4 is 4.72 Å². The fourth-order valence-electron chi connectivity index (χ4n) is 1.41. The van der Waals surface area contributed by atoms with Gasteiger partial charge in [-0.2, -0.15) is 9.98 Å². The van der Waals surface area contributed by atoms with Gasteiger partial charge in [0.05, 0.1) is 0 Å². The monoisotopic (exact) mass is 299 g/mol. The van der Waals surface area contributed by atoms with E-state index in [0.717, 1.165) is 0 Å². The smallest absolute Gasteiger partial charge is 0.321 e. The van der Waals surface area contributed by atoms with Gasteiger partial charge in [-0.1, -0.05) is 0 Å². The van der Waals surface area contributed by atoms with Crippen LogP contribution in [0.3, 0.4) is 0 Å². The second-order valence-electron chi connectivity index (χ2n) is 3.76. The number of ether oxygens (including phenoxy) is 1. The van der Waals surface area contributed by atoms with Crippen LogP contribution in [-0.2, 0) is 19.6 Å². The lowest BCUT2D eigenvalue weighted by Crippen LogP contribution is -2.41. The van der Waals surface area contributed by atoms with Crippen LogP contribution in [0.25, 0.3) is 0 Å². The molecule has 9 heteroatoms. The van der Waals surface area contributed by atoms with E-state index >= 15 is 0 Å². The Balaban J connectivity index is 3.04. The van der Waals surface area contributed by atoms with Crippen molar-refractivity contribution in [1.29, 1.82) is 5.26 Å². The first-order valence-corrected chi connectivity index (χ1v) is 7.00. The van der Waals surface area contributed by atoms with Crippen LogP contribution in [0.1, 0.15) is 12.1 Å². The molecule has 0 radical (unpaired) electrons. The molecule has 0 aliphatic heterocycles. The first-order valence-electron chi connectivity index (χ1n) is 5.51. The molecule has 20 heavy (non-hydrogen) atoms. The van der Waals surface area contributed by atoms with E-state index in [-0.39, 0.29) is 23.6 Å². The molecule has 0 saturated heterocycles. The van der Waals surface area contributed by atoms with Crippen molar-refractivity contribution in [2.75, 3.05) is 13.7 Å². The van der Waals surface area contributed by atoms with Gasteiger partial charge in [-0.25, -0.2) is 13.4 Å². The largest absolute Gasteiger partial charge is 0.480 e. The number of carboxylic acids is 1. The number of nitrogens with one attached hydrogen (secondary N) is 1. The van der Waals surface area contributed by atoms with Crippen molar-refractivity contribution in [1.82, 2.24) is 9.71 Å². The van der Waals surface area contributed by atoms with Gasteiger partial charge < -0.3 is 9.84 Å². The van der Waals surface area contributed by atoms with Gasteiger partial charge in [0, 0.05) is 19.9 Å². The predicted molar refractivity (Wildman–Crippen MR) is 67.2 cm³/mol. The van der Waals surface area contributed by atoms with Gasteiger partial charge in [0.15, 0.2) is 5.69 Å². The quantitative estimate of drug-likeness (QED) is 0.708. The number of aromatic nitrogens is 1. The van der Waals surface area contributed by atoms with Crippen molar-refractivity contribution >= 4 is 16.0 Å². The Morgan fingerprint density at radius 3 is 2.90 bits per heavy atom. The zero-order chi connectivity index (χ0) is 15.2. The SMILES string of the molecule is COCCC(NS(=O)(=O)c1cccnc1C#N)C(=O)O. The Kier molecular flexibility index (Phi) is 5.57. The minimum atomic E-state index is -4.15. The van der Waals surface area contributed by atoms with Crippen molar-refractivity contribution in [3.05, 3.63) is 24.0 Å². The lowest BCUT2D eigenvalue weighted by atomic mass is 10.2. The highest BCUT2D eigenvalue weighted by atomic mass is 32.2. The first kappa shape index (κ1) is 16.0. The van der Waals surface area contributed by atoms with Crippen LogP contribution in [0.15, 0.2) is 23.2 Å². The number of hydrogen-bond donors (Lipinski definition) is 2. The highest BCUT2D eigenvalue weighted by Crippen LogP contribution is 2.13. The molecule has 0 bridgehead atoms. The van der Waals surface area contributed by atoms with E-state index in [4.69, 9.17) is 15.1 Å². The van der Waals surface area contributed by atoms with Gasteiger partial charge in [-0.15, -0.1) is 0 Å². The first-order chi connectivity index (χ1) is 9.42. The highest BCUT2D eigenvalue weighted by molar-refractivity contribution is 7.89. The van der Waals surface area contributed by atoms with Crippen LogP contribution in [0, 0.1) is 11.3 Å². The summed E-state index contributed by atoms with van der Waals surface area (Å²) in [5.74, 6) is -1.33. The van der Waals surface area contributed by atoms with Crippen LogP contribution in [0.4, 0.5) is 0 Å². The van der Waals surface area contributed by atoms with Crippen molar-refractivity contribution in [2.24, 2.45) is 0 Å². The van der Waals surface area contributed by atoms with E-state index < -0.39 is 22.0 Å².